The average Bonchev–Trinajstić information content (AvgIpc) is 2.85. The standard InChI is InChI=1S/C15H9ClFNO/c16-14-10(5-3-6-12(14)17)15(19)11-8-18-13-7-2-1-4-9(11)13/h1-8,18H. The SMILES string of the molecule is O=C(c1cccc(F)c1Cl)c1c[nH]c2ccccc12. The van der Waals surface area contributed by atoms with Crippen molar-refractivity contribution in [3.63, 3.8) is 0 Å². The molecule has 0 saturated heterocycles. The lowest BCUT2D eigenvalue weighted by molar-refractivity contribution is 0.104. The first kappa shape index (κ1) is 11.9. The van der Waals surface area contributed by atoms with Gasteiger partial charge in [-0.25, -0.2) is 4.39 Å². The Bertz CT molecular complexity index is 779. The van der Waals surface area contributed by atoms with Crippen molar-refractivity contribution in [1.82, 2.24) is 4.98 Å². The number of para-hydroxylation sites is 1. The number of rotatable bonds is 2. The number of halogens is 2. The summed E-state index contributed by atoms with van der Waals surface area (Å²) in [5.74, 6) is -0.880. The highest BCUT2D eigenvalue weighted by atomic mass is 35.5. The van der Waals surface area contributed by atoms with Crippen molar-refractivity contribution in [2.45, 2.75) is 0 Å². The van der Waals surface area contributed by atoms with Crippen molar-refractivity contribution < 1.29 is 9.18 Å². The van der Waals surface area contributed by atoms with Gasteiger partial charge in [0.25, 0.3) is 0 Å². The molecule has 0 saturated carbocycles. The highest BCUT2D eigenvalue weighted by molar-refractivity contribution is 6.35. The van der Waals surface area contributed by atoms with Gasteiger partial charge in [0.1, 0.15) is 5.82 Å². The van der Waals surface area contributed by atoms with Crippen LogP contribution in [0.15, 0.2) is 48.7 Å². The molecule has 1 aromatic heterocycles. The van der Waals surface area contributed by atoms with Gasteiger partial charge in [-0.05, 0) is 18.2 Å². The lowest BCUT2D eigenvalue weighted by Crippen LogP contribution is -2.02. The van der Waals surface area contributed by atoms with Crippen molar-refractivity contribution >= 4 is 28.3 Å². The third-order valence-corrected chi connectivity index (χ3v) is 3.41. The normalized spacial score (nSPS) is 10.8. The highest BCUT2D eigenvalue weighted by Gasteiger charge is 2.18. The zero-order valence-electron chi connectivity index (χ0n) is 9.78. The Hall–Kier alpha value is -2.13. The Morgan fingerprint density at radius 1 is 1.05 bits per heavy atom. The Morgan fingerprint density at radius 2 is 1.84 bits per heavy atom. The second kappa shape index (κ2) is 4.52. The molecule has 0 aliphatic carbocycles. The molecule has 0 spiro atoms. The summed E-state index contributed by atoms with van der Waals surface area (Å²) in [6.07, 6.45) is 1.62. The van der Waals surface area contributed by atoms with E-state index in [0.29, 0.717) is 5.56 Å². The van der Waals surface area contributed by atoms with E-state index in [-0.39, 0.29) is 16.4 Å². The van der Waals surface area contributed by atoms with E-state index in [1.807, 2.05) is 24.3 Å². The van der Waals surface area contributed by atoms with Gasteiger partial charge in [-0.1, -0.05) is 35.9 Å². The summed E-state index contributed by atoms with van der Waals surface area (Å²) in [6, 6.07) is 11.7. The van der Waals surface area contributed by atoms with Crippen LogP contribution in [0.25, 0.3) is 10.9 Å². The third kappa shape index (κ3) is 1.92. The van der Waals surface area contributed by atoms with Crippen molar-refractivity contribution in [2.75, 3.05) is 0 Å². The summed E-state index contributed by atoms with van der Waals surface area (Å²) >= 11 is 5.85. The summed E-state index contributed by atoms with van der Waals surface area (Å²) in [6.45, 7) is 0. The number of aromatic nitrogens is 1. The summed E-state index contributed by atoms with van der Waals surface area (Å²) in [7, 11) is 0. The van der Waals surface area contributed by atoms with E-state index in [1.54, 1.807) is 6.20 Å². The van der Waals surface area contributed by atoms with E-state index in [9.17, 15) is 9.18 Å². The maximum absolute atomic E-state index is 13.4. The molecule has 0 radical (unpaired) electrons. The first-order chi connectivity index (χ1) is 9.18. The number of benzene rings is 2. The van der Waals surface area contributed by atoms with Crippen LogP contribution in [-0.2, 0) is 0 Å². The number of H-pyrrole nitrogens is 1. The second-order valence-corrected chi connectivity index (χ2v) is 4.56. The Balaban J connectivity index is 2.17. The first-order valence-corrected chi connectivity index (χ1v) is 6.11. The van der Waals surface area contributed by atoms with E-state index in [0.717, 1.165) is 10.9 Å². The highest BCUT2D eigenvalue weighted by Crippen LogP contribution is 2.26. The van der Waals surface area contributed by atoms with Crippen molar-refractivity contribution in [1.29, 1.82) is 0 Å². The van der Waals surface area contributed by atoms with Crippen LogP contribution < -0.4 is 0 Å². The lowest BCUT2D eigenvalue weighted by atomic mass is 10.0. The molecule has 0 bridgehead atoms. The molecule has 3 aromatic rings. The average molecular weight is 274 g/mol. The van der Waals surface area contributed by atoms with E-state index >= 15 is 0 Å². The predicted octanol–water partition coefficient (Wildman–Crippen LogP) is 4.19. The minimum absolute atomic E-state index is 0.141. The van der Waals surface area contributed by atoms with Gasteiger partial charge in [0.05, 0.1) is 5.02 Å². The van der Waals surface area contributed by atoms with Crippen LogP contribution in [0, 0.1) is 5.82 Å². The van der Waals surface area contributed by atoms with Crippen molar-refractivity contribution in [3.05, 3.63) is 70.6 Å². The maximum Gasteiger partial charge on any atom is 0.196 e. The molecule has 0 atom stereocenters. The van der Waals surface area contributed by atoms with Crippen LogP contribution in [0.1, 0.15) is 15.9 Å². The number of ketones is 1. The fraction of sp³-hybridized carbons (Fsp3) is 0. The third-order valence-electron chi connectivity index (χ3n) is 3.03. The molecule has 0 amide bonds. The van der Waals surface area contributed by atoms with E-state index in [4.69, 9.17) is 11.6 Å². The lowest BCUT2D eigenvalue weighted by Gasteiger charge is -2.03. The molecular weight excluding hydrogens is 265 g/mol. The van der Waals surface area contributed by atoms with Gasteiger partial charge in [0.15, 0.2) is 5.78 Å². The van der Waals surface area contributed by atoms with Gasteiger partial charge < -0.3 is 4.98 Å². The molecule has 0 aliphatic heterocycles. The van der Waals surface area contributed by atoms with Crippen LogP contribution in [0.5, 0.6) is 0 Å². The van der Waals surface area contributed by atoms with Gasteiger partial charge in [0, 0.05) is 28.2 Å². The molecule has 0 fully saturated rings. The van der Waals surface area contributed by atoms with Crippen LogP contribution in [-0.4, -0.2) is 10.8 Å². The zero-order valence-corrected chi connectivity index (χ0v) is 10.5. The monoisotopic (exact) mass is 273 g/mol. The van der Waals surface area contributed by atoms with Crippen LogP contribution in [0.2, 0.25) is 5.02 Å². The smallest absolute Gasteiger partial charge is 0.196 e. The maximum atomic E-state index is 13.4. The fourth-order valence-electron chi connectivity index (χ4n) is 2.08. The van der Waals surface area contributed by atoms with E-state index < -0.39 is 5.82 Å². The van der Waals surface area contributed by atoms with Gasteiger partial charge >= 0.3 is 0 Å². The number of fused-ring (bicyclic) bond motifs is 1. The Kier molecular flexibility index (Phi) is 2.84. The van der Waals surface area contributed by atoms with Gasteiger partial charge in [-0.2, -0.15) is 0 Å². The van der Waals surface area contributed by atoms with Crippen molar-refractivity contribution in [3.8, 4) is 0 Å². The molecule has 0 aliphatic rings. The number of hydrogen-bond acceptors (Lipinski definition) is 1. The van der Waals surface area contributed by atoms with Crippen LogP contribution >= 0.6 is 11.6 Å². The number of carbonyl (C=O) groups excluding carboxylic acids is 1. The minimum atomic E-state index is -0.590. The van der Waals surface area contributed by atoms with E-state index in [2.05, 4.69) is 4.98 Å². The fourth-order valence-corrected chi connectivity index (χ4v) is 2.30. The Morgan fingerprint density at radius 3 is 2.68 bits per heavy atom. The number of carbonyl (C=O) groups is 1. The molecule has 19 heavy (non-hydrogen) atoms. The number of aromatic amines is 1. The zero-order chi connectivity index (χ0) is 13.4. The van der Waals surface area contributed by atoms with Crippen LogP contribution in [0.4, 0.5) is 4.39 Å². The molecule has 1 heterocycles. The molecule has 4 heteroatoms. The topological polar surface area (TPSA) is 32.9 Å². The summed E-state index contributed by atoms with van der Waals surface area (Å²) in [5.41, 5.74) is 1.52. The second-order valence-electron chi connectivity index (χ2n) is 4.18. The minimum Gasteiger partial charge on any atom is -0.360 e. The molecule has 0 unspecified atom stereocenters. The predicted molar refractivity (Wildman–Crippen MR) is 73.1 cm³/mol. The molecular formula is C15H9ClFNO. The molecule has 94 valence electrons. The molecule has 2 nitrogen and oxygen atoms in total. The summed E-state index contributed by atoms with van der Waals surface area (Å²) < 4.78 is 13.4. The largest absolute Gasteiger partial charge is 0.360 e. The van der Waals surface area contributed by atoms with Crippen LogP contribution in [0.3, 0.4) is 0 Å². The van der Waals surface area contributed by atoms with Gasteiger partial charge in [-0.15, -0.1) is 0 Å². The number of nitrogens with one attached hydrogen (secondary N) is 1. The van der Waals surface area contributed by atoms with Gasteiger partial charge in [0.2, 0.25) is 0 Å². The van der Waals surface area contributed by atoms with Crippen molar-refractivity contribution in [2.24, 2.45) is 0 Å². The summed E-state index contributed by atoms with van der Waals surface area (Å²) in [4.78, 5) is 15.4. The molecule has 3 rings (SSSR count). The van der Waals surface area contributed by atoms with E-state index in [1.165, 1.54) is 18.2 Å². The summed E-state index contributed by atoms with van der Waals surface area (Å²) in [5, 5.41) is 0.658. The Labute approximate surface area is 113 Å². The quantitative estimate of drug-likeness (QED) is 0.698. The van der Waals surface area contributed by atoms with Gasteiger partial charge in [-0.3, -0.25) is 4.79 Å². The number of hydrogen-bond donors (Lipinski definition) is 1. The molecule has 1 N–H and O–H groups in total. The first-order valence-electron chi connectivity index (χ1n) is 5.73. The molecule has 2 aromatic carbocycles.